The minimum Gasteiger partial charge on any atom is -0.455 e. The first-order chi connectivity index (χ1) is 9.58. The Bertz CT molecular complexity index is 450. The zero-order valence-electron chi connectivity index (χ0n) is 12.1. The molecule has 0 atom stereocenters. The Balaban J connectivity index is 2.01. The third-order valence-corrected chi connectivity index (χ3v) is 4.66. The predicted molar refractivity (Wildman–Crippen MR) is 80.8 cm³/mol. The van der Waals surface area contributed by atoms with Gasteiger partial charge in [0.1, 0.15) is 5.76 Å². The zero-order chi connectivity index (χ0) is 14.6. The maximum Gasteiger partial charge on any atom is 0.287 e. The molecule has 1 aliphatic carbocycles. The van der Waals surface area contributed by atoms with Crippen LogP contribution in [0, 0.1) is 5.92 Å². The number of furan rings is 1. The highest BCUT2D eigenvalue weighted by Gasteiger charge is 2.35. The molecule has 0 aliphatic heterocycles. The third kappa shape index (κ3) is 3.58. The molecule has 1 fully saturated rings. The van der Waals surface area contributed by atoms with E-state index in [0.29, 0.717) is 11.7 Å². The smallest absolute Gasteiger partial charge is 0.287 e. The van der Waals surface area contributed by atoms with Gasteiger partial charge in [-0.1, -0.05) is 6.92 Å². The van der Waals surface area contributed by atoms with E-state index in [1.807, 2.05) is 12.3 Å². The van der Waals surface area contributed by atoms with E-state index in [-0.39, 0.29) is 12.5 Å². The van der Waals surface area contributed by atoms with Gasteiger partial charge in [0.2, 0.25) is 0 Å². The fraction of sp³-hybridized carbons (Fsp3) is 0.667. The highest BCUT2D eigenvalue weighted by Crippen LogP contribution is 2.32. The largest absolute Gasteiger partial charge is 0.455 e. The molecule has 0 saturated heterocycles. The summed E-state index contributed by atoms with van der Waals surface area (Å²) in [6.45, 7) is 2.20. The summed E-state index contributed by atoms with van der Waals surface area (Å²) in [6, 6.07) is 3.54. The van der Waals surface area contributed by atoms with Gasteiger partial charge < -0.3 is 14.8 Å². The quantitative estimate of drug-likeness (QED) is 0.877. The Morgan fingerprint density at radius 2 is 2.20 bits per heavy atom. The van der Waals surface area contributed by atoms with Crippen molar-refractivity contribution < 1.29 is 14.3 Å². The van der Waals surface area contributed by atoms with Gasteiger partial charge in [0.15, 0.2) is 5.76 Å². The minimum atomic E-state index is -0.476. The Morgan fingerprint density at radius 1 is 1.50 bits per heavy atom. The van der Waals surface area contributed by atoms with Crippen molar-refractivity contribution in [1.82, 2.24) is 5.32 Å². The number of hydrogen-bond acceptors (Lipinski definition) is 4. The molecule has 1 aromatic rings. The Kier molecular flexibility index (Phi) is 5.16. The average Bonchev–Trinajstić information content (AvgIpc) is 2.91. The van der Waals surface area contributed by atoms with Gasteiger partial charge in [-0.2, -0.15) is 11.8 Å². The van der Waals surface area contributed by atoms with Crippen LogP contribution in [-0.2, 0) is 5.75 Å². The van der Waals surface area contributed by atoms with Crippen LogP contribution in [0.15, 0.2) is 16.5 Å². The number of aliphatic hydroxyl groups excluding tert-OH is 1. The van der Waals surface area contributed by atoms with Gasteiger partial charge in [0.25, 0.3) is 5.91 Å². The summed E-state index contributed by atoms with van der Waals surface area (Å²) in [5, 5.41) is 12.6. The van der Waals surface area contributed by atoms with E-state index >= 15 is 0 Å². The summed E-state index contributed by atoms with van der Waals surface area (Å²) in [4.78, 5) is 12.3. The third-order valence-electron chi connectivity index (χ3n) is 4.08. The molecule has 0 unspecified atom stereocenters. The van der Waals surface area contributed by atoms with Crippen molar-refractivity contribution in [3.8, 4) is 0 Å². The number of rotatable bonds is 5. The summed E-state index contributed by atoms with van der Waals surface area (Å²) in [5.74, 6) is 2.35. The molecule has 0 spiro atoms. The van der Waals surface area contributed by atoms with Crippen LogP contribution >= 0.6 is 11.8 Å². The molecule has 20 heavy (non-hydrogen) atoms. The molecule has 5 heteroatoms. The summed E-state index contributed by atoms with van der Waals surface area (Å²) in [6.07, 6.45) is 5.73. The number of amides is 1. The molecular formula is C15H23NO3S. The number of carbonyl (C=O) groups excluding carboxylic acids is 1. The van der Waals surface area contributed by atoms with E-state index in [1.165, 1.54) is 0 Å². The van der Waals surface area contributed by atoms with Crippen LogP contribution in [-0.4, -0.2) is 29.4 Å². The first kappa shape index (κ1) is 15.4. The first-order valence-electron chi connectivity index (χ1n) is 7.09. The van der Waals surface area contributed by atoms with Gasteiger partial charge in [0, 0.05) is 0 Å². The molecule has 0 bridgehead atoms. The highest BCUT2D eigenvalue weighted by molar-refractivity contribution is 7.97. The van der Waals surface area contributed by atoms with Gasteiger partial charge in [-0.15, -0.1) is 0 Å². The van der Waals surface area contributed by atoms with Crippen LogP contribution in [0.2, 0.25) is 0 Å². The first-order valence-corrected chi connectivity index (χ1v) is 8.49. The average molecular weight is 297 g/mol. The molecule has 1 aromatic heterocycles. The van der Waals surface area contributed by atoms with Crippen molar-refractivity contribution in [2.24, 2.45) is 5.92 Å². The Labute approximate surface area is 124 Å². The van der Waals surface area contributed by atoms with Gasteiger partial charge in [-0.25, -0.2) is 0 Å². The Hall–Kier alpha value is -0.940. The van der Waals surface area contributed by atoms with Gasteiger partial charge in [-0.05, 0) is 50.0 Å². The molecule has 1 heterocycles. The van der Waals surface area contributed by atoms with Crippen molar-refractivity contribution >= 4 is 17.7 Å². The second kappa shape index (κ2) is 6.68. The standard InChI is InChI=1S/C15H23NO3S/c1-11-5-7-15(10-17,8-6-11)16-14(18)13-4-3-12(19-13)9-20-2/h3-4,11,17H,5-10H2,1-2H3,(H,16,18). The molecule has 2 rings (SSSR count). The van der Waals surface area contributed by atoms with E-state index in [1.54, 1.807) is 17.8 Å². The van der Waals surface area contributed by atoms with Crippen LogP contribution < -0.4 is 5.32 Å². The van der Waals surface area contributed by atoms with Crippen molar-refractivity contribution in [3.63, 3.8) is 0 Å². The molecule has 2 N–H and O–H groups in total. The second-order valence-electron chi connectivity index (χ2n) is 5.77. The lowest BCUT2D eigenvalue weighted by Gasteiger charge is -2.38. The number of aliphatic hydroxyl groups is 1. The van der Waals surface area contributed by atoms with E-state index in [9.17, 15) is 9.90 Å². The molecule has 1 saturated carbocycles. The normalized spacial score (nSPS) is 26.4. The van der Waals surface area contributed by atoms with Gasteiger partial charge in [-0.3, -0.25) is 4.79 Å². The van der Waals surface area contributed by atoms with Crippen LogP contribution in [0.3, 0.4) is 0 Å². The van der Waals surface area contributed by atoms with Crippen molar-refractivity contribution in [2.45, 2.75) is 43.9 Å². The number of hydrogen-bond donors (Lipinski definition) is 2. The van der Waals surface area contributed by atoms with Crippen LogP contribution in [0.25, 0.3) is 0 Å². The van der Waals surface area contributed by atoms with E-state index in [2.05, 4.69) is 12.2 Å². The van der Waals surface area contributed by atoms with E-state index in [4.69, 9.17) is 4.42 Å². The van der Waals surface area contributed by atoms with E-state index < -0.39 is 5.54 Å². The molecule has 1 amide bonds. The SMILES string of the molecule is CSCc1ccc(C(=O)NC2(CO)CCC(C)CC2)o1. The molecular weight excluding hydrogens is 274 g/mol. The van der Waals surface area contributed by atoms with Gasteiger partial charge in [0.05, 0.1) is 17.9 Å². The maximum atomic E-state index is 12.3. The maximum absolute atomic E-state index is 12.3. The second-order valence-corrected chi connectivity index (χ2v) is 6.64. The van der Waals surface area contributed by atoms with E-state index in [0.717, 1.165) is 37.2 Å². The number of thioether (sulfide) groups is 1. The van der Waals surface area contributed by atoms with Crippen molar-refractivity contribution in [2.75, 3.05) is 12.9 Å². The van der Waals surface area contributed by atoms with Crippen molar-refractivity contribution in [3.05, 3.63) is 23.7 Å². The molecule has 4 nitrogen and oxygen atoms in total. The number of carbonyl (C=O) groups is 1. The summed E-state index contributed by atoms with van der Waals surface area (Å²) in [7, 11) is 0. The number of nitrogens with one attached hydrogen (secondary N) is 1. The topological polar surface area (TPSA) is 62.5 Å². The van der Waals surface area contributed by atoms with Gasteiger partial charge >= 0.3 is 0 Å². The summed E-state index contributed by atoms with van der Waals surface area (Å²) < 4.78 is 5.52. The zero-order valence-corrected chi connectivity index (χ0v) is 13.0. The lowest BCUT2D eigenvalue weighted by molar-refractivity contribution is 0.0692. The van der Waals surface area contributed by atoms with Crippen LogP contribution in [0.4, 0.5) is 0 Å². The molecule has 0 aromatic carbocycles. The minimum absolute atomic E-state index is 0.0101. The summed E-state index contributed by atoms with van der Waals surface area (Å²) >= 11 is 1.65. The lowest BCUT2D eigenvalue weighted by atomic mass is 9.77. The fourth-order valence-corrected chi connectivity index (χ4v) is 3.10. The highest BCUT2D eigenvalue weighted by atomic mass is 32.2. The predicted octanol–water partition coefficient (Wildman–Crippen LogP) is 2.81. The molecule has 112 valence electrons. The van der Waals surface area contributed by atoms with Crippen LogP contribution in [0.1, 0.15) is 48.9 Å². The lowest BCUT2D eigenvalue weighted by Crippen LogP contribution is -2.53. The monoisotopic (exact) mass is 297 g/mol. The van der Waals surface area contributed by atoms with Crippen molar-refractivity contribution in [1.29, 1.82) is 0 Å². The fourth-order valence-electron chi connectivity index (χ4n) is 2.66. The summed E-state index contributed by atoms with van der Waals surface area (Å²) in [5.41, 5.74) is -0.476. The molecule has 1 aliphatic rings. The molecule has 0 radical (unpaired) electrons. The van der Waals surface area contributed by atoms with Crippen LogP contribution in [0.5, 0.6) is 0 Å². The Morgan fingerprint density at radius 3 is 2.80 bits per heavy atom.